The van der Waals surface area contributed by atoms with Crippen molar-refractivity contribution < 1.29 is 9.59 Å². The SMILES string of the molecule is CN(C)CCCNC(=O)C(c1cccnc1)N(C(=O)[C@H]1CCCN1)c1ccc(C(C)(C)C)cc1. The van der Waals surface area contributed by atoms with Gasteiger partial charge in [0.15, 0.2) is 0 Å². The second-order valence-corrected chi connectivity index (χ2v) is 10.3. The van der Waals surface area contributed by atoms with E-state index in [0.29, 0.717) is 17.8 Å². The van der Waals surface area contributed by atoms with Crippen LogP contribution >= 0.6 is 0 Å². The van der Waals surface area contributed by atoms with Gasteiger partial charge >= 0.3 is 0 Å². The Kier molecular flexibility index (Phi) is 8.80. The monoisotopic (exact) mass is 465 g/mol. The van der Waals surface area contributed by atoms with E-state index in [4.69, 9.17) is 0 Å². The Hall–Kier alpha value is -2.77. The van der Waals surface area contributed by atoms with Gasteiger partial charge in [0.25, 0.3) is 0 Å². The number of nitrogens with zero attached hydrogens (tertiary/aromatic N) is 3. The minimum absolute atomic E-state index is 0.00700. The van der Waals surface area contributed by atoms with Gasteiger partial charge in [0.1, 0.15) is 6.04 Å². The number of hydrogen-bond donors (Lipinski definition) is 2. The van der Waals surface area contributed by atoms with Gasteiger partial charge < -0.3 is 15.5 Å². The summed E-state index contributed by atoms with van der Waals surface area (Å²) in [5.41, 5.74) is 2.57. The van der Waals surface area contributed by atoms with E-state index in [0.717, 1.165) is 32.4 Å². The van der Waals surface area contributed by atoms with Crippen molar-refractivity contribution in [3.05, 3.63) is 59.9 Å². The van der Waals surface area contributed by atoms with Crippen molar-refractivity contribution in [3.63, 3.8) is 0 Å². The van der Waals surface area contributed by atoms with E-state index >= 15 is 0 Å². The second-order valence-electron chi connectivity index (χ2n) is 10.3. The van der Waals surface area contributed by atoms with E-state index in [-0.39, 0.29) is 23.3 Å². The third-order valence-electron chi connectivity index (χ3n) is 6.20. The van der Waals surface area contributed by atoms with Crippen molar-refractivity contribution in [2.45, 2.75) is 57.5 Å². The molecule has 0 aliphatic carbocycles. The highest BCUT2D eigenvalue weighted by Gasteiger charge is 2.37. The summed E-state index contributed by atoms with van der Waals surface area (Å²) in [5, 5.41) is 6.37. The molecule has 7 nitrogen and oxygen atoms in total. The molecule has 1 saturated heterocycles. The molecule has 7 heteroatoms. The summed E-state index contributed by atoms with van der Waals surface area (Å²) < 4.78 is 0. The lowest BCUT2D eigenvalue weighted by Gasteiger charge is -2.33. The van der Waals surface area contributed by atoms with Crippen LogP contribution in [0.1, 0.15) is 57.2 Å². The fourth-order valence-corrected chi connectivity index (χ4v) is 4.25. The van der Waals surface area contributed by atoms with E-state index in [1.165, 1.54) is 5.56 Å². The molecule has 0 saturated carbocycles. The zero-order chi connectivity index (χ0) is 24.7. The first-order valence-electron chi connectivity index (χ1n) is 12.2. The highest BCUT2D eigenvalue weighted by molar-refractivity contribution is 6.03. The molecule has 2 aromatic rings. The van der Waals surface area contributed by atoms with Crippen LogP contribution in [0.15, 0.2) is 48.8 Å². The van der Waals surface area contributed by atoms with E-state index in [9.17, 15) is 9.59 Å². The van der Waals surface area contributed by atoms with Crippen LogP contribution in [0.25, 0.3) is 0 Å². The molecule has 1 aliphatic heterocycles. The molecule has 1 unspecified atom stereocenters. The predicted octanol–water partition coefficient (Wildman–Crippen LogP) is 3.27. The van der Waals surface area contributed by atoms with E-state index < -0.39 is 6.04 Å². The number of anilines is 1. The Morgan fingerprint density at radius 3 is 2.47 bits per heavy atom. The summed E-state index contributed by atoms with van der Waals surface area (Å²) in [6, 6.07) is 10.6. The fraction of sp³-hybridized carbons (Fsp3) is 0.519. The standard InChI is InChI=1S/C27H39N5O2/c1-27(2,3)21-11-13-22(14-12-21)32(26(34)23-10-7-16-29-23)24(20-9-6-15-28-19-20)25(33)30-17-8-18-31(4)5/h6,9,11-15,19,23-24,29H,7-8,10,16-18H2,1-5H3,(H,30,33)/t23-,24?/m1/s1. The quantitative estimate of drug-likeness (QED) is 0.556. The lowest BCUT2D eigenvalue weighted by molar-refractivity contribution is -0.127. The summed E-state index contributed by atoms with van der Waals surface area (Å²) in [4.78, 5) is 35.4. The molecule has 1 aromatic carbocycles. The number of hydrogen-bond acceptors (Lipinski definition) is 5. The van der Waals surface area contributed by atoms with Gasteiger partial charge in [-0.05, 0) is 75.6 Å². The van der Waals surface area contributed by atoms with Crippen LogP contribution in [0.4, 0.5) is 5.69 Å². The Bertz CT molecular complexity index is 932. The van der Waals surface area contributed by atoms with Crippen molar-refractivity contribution in [1.82, 2.24) is 20.5 Å². The highest BCUT2D eigenvalue weighted by atomic mass is 16.2. The largest absolute Gasteiger partial charge is 0.354 e. The third kappa shape index (κ3) is 6.64. The summed E-state index contributed by atoms with van der Waals surface area (Å²) in [6.45, 7) is 8.70. The Labute approximate surface area is 203 Å². The van der Waals surface area contributed by atoms with Crippen LogP contribution in [0.5, 0.6) is 0 Å². The first-order valence-corrected chi connectivity index (χ1v) is 12.2. The van der Waals surface area contributed by atoms with Crippen LogP contribution in [-0.2, 0) is 15.0 Å². The zero-order valence-corrected chi connectivity index (χ0v) is 21.2. The number of nitrogens with one attached hydrogen (secondary N) is 2. The zero-order valence-electron chi connectivity index (χ0n) is 21.2. The fourth-order valence-electron chi connectivity index (χ4n) is 4.25. The van der Waals surface area contributed by atoms with Gasteiger partial charge in [0, 0.05) is 30.2 Å². The van der Waals surface area contributed by atoms with Gasteiger partial charge in [-0.3, -0.25) is 19.5 Å². The van der Waals surface area contributed by atoms with Gasteiger partial charge in [-0.25, -0.2) is 0 Å². The van der Waals surface area contributed by atoms with Gasteiger partial charge in [0.2, 0.25) is 11.8 Å². The minimum atomic E-state index is -0.802. The molecule has 0 bridgehead atoms. The minimum Gasteiger partial charge on any atom is -0.354 e. The molecular weight excluding hydrogens is 426 g/mol. The Balaban J connectivity index is 1.99. The molecule has 184 valence electrons. The molecule has 2 amide bonds. The van der Waals surface area contributed by atoms with Crippen molar-refractivity contribution in [1.29, 1.82) is 0 Å². The maximum Gasteiger partial charge on any atom is 0.247 e. The van der Waals surface area contributed by atoms with Gasteiger partial charge in [-0.15, -0.1) is 0 Å². The molecule has 2 heterocycles. The van der Waals surface area contributed by atoms with Gasteiger partial charge in [0.05, 0.1) is 6.04 Å². The summed E-state index contributed by atoms with van der Waals surface area (Å²) in [6.07, 6.45) is 5.90. The van der Waals surface area contributed by atoms with Crippen LogP contribution < -0.4 is 15.5 Å². The van der Waals surface area contributed by atoms with Crippen molar-refractivity contribution >= 4 is 17.5 Å². The topological polar surface area (TPSA) is 77.6 Å². The number of benzene rings is 1. The molecule has 3 rings (SSSR count). The number of aromatic nitrogens is 1. The van der Waals surface area contributed by atoms with Crippen LogP contribution in [0.3, 0.4) is 0 Å². The molecule has 0 radical (unpaired) electrons. The average molecular weight is 466 g/mol. The van der Waals surface area contributed by atoms with Crippen molar-refractivity contribution in [2.24, 2.45) is 0 Å². The molecule has 0 spiro atoms. The lowest BCUT2D eigenvalue weighted by atomic mass is 9.87. The highest BCUT2D eigenvalue weighted by Crippen LogP contribution is 2.32. The van der Waals surface area contributed by atoms with E-state index in [1.54, 1.807) is 23.4 Å². The van der Waals surface area contributed by atoms with Crippen LogP contribution in [0, 0.1) is 0 Å². The molecule has 2 atom stereocenters. The van der Waals surface area contributed by atoms with Crippen molar-refractivity contribution in [2.75, 3.05) is 38.6 Å². The summed E-state index contributed by atoms with van der Waals surface area (Å²) in [5.74, 6) is -0.281. The Morgan fingerprint density at radius 2 is 1.91 bits per heavy atom. The third-order valence-corrected chi connectivity index (χ3v) is 6.20. The number of pyridine rings is 1. The maximum absolute atomic E-state index is 13.8. The number of carbonyl (C=O) groups is 2. The smallest absolute Gasteiger partial charge is 0.247 e. The molecule has 1 fully saturated rings. The first kappa shape index (κ1) is 25.8. The predicted molar refractivity (Wildman–Crippen MR) is 137 cm³/mol. The number of rotatable bonds is 9. The second kappa shape index (κ2) is 11.6. The van der Waals surface area contributed by atoms with E-state index in [2.05, 4.69) is 41.3 Å². The maximum atomic E-state index is 13.8. The average Bonchev–Trinajstić information content (AvgIpc) is 3.35. The van der Waals surface area contributed by atoms with Crippen LogP contribution in [0.2, 0.25) is 0 Å². The van der Waals surface area contributed by atoms with Gasteiger partial charge in [-0.1, -0.05) is 39.0 Å². The molecule has 34 heavy (non-hydrogen) atoms. The van der Waals surface area contributed by atoms with E-state index in [1.807, 2.05) is 44.4 Å². The lowest BCUT2D eigenvalue weighted by Crippen LogP contribution is -2.50. The summed E-state index contributed by atoms with van der Waals surface area (Å²) >= 11 is 0. The Morgan fingerprint density at radius 1 is 1.18 bits per heavy atom. The van der Waals surface area contributed by atoms with Gasteiger partial charge in [-0.2, -0.15) is 0 Å². The van der Waals surface area contributed by atoms with Crippen molar-refractivity contribution in [3.8, 4) is 0 Å². The number of carbonyl (C=O) groups excluding carboxylic acids is 2. The molecule has 1 aromatic heterocycles. The first-order chi connectivity index (χ1) is 16.2. The molecule has 1 aliphatic rings. The number of amides is 2. The molecule has 2 N–H and O–H groups in total. The summed E-state index contributed by atoms with van der Waals surface area (Å²) in [7, 11) is 4.02. The normalized spacial score (nSPS) is 16.9. The van der Waals surface area contributed by atoms with Crippen LogP contribution in [-0.4, -0.2) is 61.5 Å². The molecular formula is C27H39N5O2.